The van der Waals surface area contributed by atoms with Gasteiger partial charge in [-0.2, -0.15) is 0 Å². The van der Waals surface area contributed by atoms with Crippen molar-refractivity contribution in [3.63, 3.8) is 0 Å². The summed E-state index contributed by atoms with van der Waals surface area (Å²) in [6, 6.07) is 4.57. The second-order valence-electron chi connectivity index (χ2n) is 4.62. The lowest BCUT2D eigenvalue weighted by molar-refractivity contribution is -0.121. The highest BCUT2D eigenvalue weighted by Gasteiger charge is 2.06. The highest BCUT2D eigenvalue weighted by Crippen LogP contribution is 2.19. The van der Waals surface area contributed by atoms with Gasteiger partial charge in [-0.15, -0.1) is 0 Å². The molecule has 7 heteroatoms. The van der Waals surface area contributed by atoms with E-state index >= 15 is 0 Å². The van der Waals surface area contributed by atoms with Crippen LogP contribution < -0.4 is 16.2 Å². The average molecular weight is 314 g/mol. The third-order valence-electron chi connectivity index (χ3n) is 2.81. The Morgan fingerprint density at radius 1 is 1.19 bits per heavy atom. The van der Waals surface area contributed by atoms with Crippen LogP contribution in [0.15, 0.2) is 18.2 Å². The molecule has 0 unspecified atom stereocenters. The molecule has 0 aliphatic heterocycles. The first-order valence-electron chi connectivity index (χ1n) is 6.76. The van der Waals surface area contributed by atoms with Gasteiger partial charge >= 0.3 is 6.03 Å². The van der Waals surface area contributed by atoms with Gasteiger partial charge in [-0.25, -0.2) is 10.2 Å². The SMILES string of the molecule is Cc1cc(Cl)ccc1NC(=O)NNC(=O)CCCCCO. The van der Waals surface area contributed by atoms with E-state index in [-0.39, 0.29) is 12.5 Å². The Kier molecular flexibility index (Phi) is 7.56. The second-order valence-corrected chi connectivity index (χ2v) is 5.06. The minimum Gasteiger partial charge on any atom is -0.396 e. The molecule has 3 amide bonds. The van der Waals surface area contributed by atoms with Gasteiger partial charge in [0.15, 0.2) is 0 Å². The molecule has 0 radical (unpaired) electrons. The van der Waals surface area contributed by atoms with Crippen molar-refractivity contribution in [1.82, 2.24) is 10.9 Å². The zero-order valence-corrected chi connectivity index (χ0v) is 12.7. The van der Waals surface area contributed by atoms with Crippen molar-refractivity contribution in [3.05, 3.63) is 28.8 Å². The van der Waals surface area contributed by atoms with Gasteiger partial charge in [0.2, 0.25) is 5.91 Å². The Labute approximate surface area is 128 Å². The van der Waals surface area contributed by atoms with E-state index in [0.717, 1.165) is 12.0 Å². The monoisotopic (exact) mass is 313 g/mol. The van der Waals surface area contributed by atoms with Crippen LogP contribution in [-0.2, 0) is 4.79 Å². The molecule has 0 spiro atoms. The molecule has 1 rings (SSSR count). The van der Waals surface area contributed by atoms with E-state index in [1.807, 2.05) is 6.92 Å². The number of rotatable bonds is 6. The number of carbonyl (C=O) groups excluding carboxylic acids is 2. The summed E-state index contributed by atoms with van der Waals surface area (Å²) in [6.07, 6.45) is 2.43. The number of hydrazine groups is 1. The number of nitrogens with one attached hydrogen (secondary N) is 3. The number of halogens is 1. The van der Waals surface area contributed by atoms with Crippen molar-refractivity contribution in [1.29, 1.82) is 0 Å². The van der Waals surface area contributed by atoms with Crippen LogP contribution in [0, 0.1) is 6.92 Å². The Hall–Kier alpha value is -1.79. The molecular formula is C14H20ClN3O3. The summed E-state index contributed by atoms with van der Waals surface area (Å²) >= 11 is 5.83. The standard InChI is InChI=1S/C14H20ClN3O3/c1-10-9-11(15)6-7-12(10)16-14(21)18-17-13(20)5-3-2-4-8-19/h6-7,9,19H,2-5,8H2,1H3,(H,17,20)(H2,16,18,21). The van der Waals surface area contributed by atoms with E-state index in [1.54, 1.807) is 18.2 Å². The normalized spacial score (nSPS) is 10.0. The Bertz CT molecular complexity index is 494. The second kappa shape index (κ2) is 9.20. The third-order valence-corrected chi connectivity index (χ3v) is 3.05. The molecule has 6 nitrogen and oxygen atoms in total. The first-order valence-corrected chi connectivity index (χ1v) is 7.13. The molecule has 0 saturated carbocycles. The fourth-order valence-electron chi connectivity index (χ4n) is 1.68. The van der Waals surface area contributed by atoms with Crippen LogP contribution in [0.25, 0.3) is 0 Å². The molecule has 0 aromatic heterocycles. The van der Waals surface area contributed by atoms with Crippen LogP contribution in [0.5, 0.6) is 0 Å². The Balaban J connectivity index is 2.29. The lowest BCUT2D eigenvalue weighted by Crippen LogP contribution is -2.43. The van der Waals surface area contributed by atoms with Gasteiger partial charge in [0.1, 0.15) is 0 Å². The van der Waals surface area contributed by atoms with Gasteiger partial charge in [0.05, 0.1) is 0 Å². The number of aliphatic hydroxyl groups excluding tert-OH is 1. The largest absolute Gasteiger partial charge is 0.396 e. The van der Waals surface area contributed by atoms with Gasteiger partial charge in [-0.05, 0) is 43.5 Å². The molecule has 0 aliphatic carbocycles. The van der Waals surface area contributed by atoms with Crippen molar-refractivity contribution < 1.29 is 14.7 Å². The maximum Gasteiger partial charge on any atom is 0.337 e. The van der Waals surface area contributed by atoms with Crippen LogP contribution in [-0.4, -0.2) is 23.7 Å². The number of urea groups is 1. The maximum absolute atomic E-state index is 11.6. The van der Waals surface area contributed by atoms with E-state index in [0.29, 0.717) is 30.0 Å². The zero-order valence-electron chi connectivity index (χ0n) is 11.9. The first kappa shape index (κ1) is 17.3. The highest BCUT2D eigenvalue weighted by atomic mass is 35.5. The molecule has 1 aromatic carbocycles. The Morgan fingerprint density at radius 3 is 2.62 bits per heavy atom. The molecule has 116 valence electrons. The number of hydrogen-bond donors (Lipinski definition) is 4. The molecule has 0 bridgehead atoms. The lowest BCUT2D eigenvalue weighted by atomic mass is 10.2. The molecule has 0 aliphatic rings. The van der Waals surface area contributed by atoms with Crippen molar-refractivity contribution in [2.24, 2.45) is 0 Å². The fraction of sp³-hybridized carbons (Fsp3) is 0.429. The number of amides is 3. The minimum atomic E-state index is -0.524. The van der Waals surface area contributed by atoms with Crippen molar-refractivity contribution in [2.45, 2.75) is 32.6 Å². The van der Waals surface area contributed by atoms with Crippen LogP contribution in [0.2, 0.25) is 5.02 Å². The van der Waals surface area contributed by atoms with Crippen LogP contribution in [0.3, 0.4) is 0 Å². The molecule has 1 aromatic rings. The third kappa shape index (κ3) is 6.97. The number of aryl methyl sites for hydroxylation is 1. The van der Waals surface area contributed by atoms with Crippen LogP contribution in [0.1, 0.15) is 31.2 Å². The minimum absolute atomic E-state index is 0.128. The smallest absolute Gasteiger partial charge is 0.337 e. The lowest BCUT2D eigenvalue weighted by Gasteiger charge is -2.11. The first-order chi connectivity index (χ1) is 10.0. The number of anilines is 1. The molecule has 21 heavy (non-hydrogen) atoms. The average Bonchev–Trinajstić information content (AvgIpc) is 2.44. The predicted molar refractivity (Wildman–Crippen MR) is 82.0 cm³/mol. The van der Waals surface area contributed by atoms with E-state index in [1.165, 1.54) is 0 Å². The van der Waals surface area contributed by atoms with Gasteiger partial charge in [0, 0.05) is 23.7 Å². The summed E-state index contributed by atoms with van der Waals surface area (Å²) in [6.45, 7) is 1.95. The summed E-state index contributed by atoms with van der Waals surface area (Å²) in [5.41, 5.74) is 6.05. The molecule has 0 atom stereocenters. The summed E-state index contributed by atoms with van der Waals surface area (Å²) < 4.78 is 0. The molecular weight excluding hydrogens is 294 g/mol. The summed E-state index contributed by atoms with van der Waals surface area (Å²) in [5.74, 6) is -0.268. The number of benzene rings is 1. The van der Waals surface area contributed by atoms with E-state index < -0.39 is 6.03 Å². The van der Waals surface area contributed by atoms with E-state index in [4.69, 9.17) is 16.7 Å². The molecule has 4 N–H and O–H groups in total. The fourth-order valence-corrected chi connectivity index (χ4v) is 1.91. The maximum atomic E-state index is 11.6. The predicted octanol–water partition coefficient (Wildman–Crippen LogP) is 2.35. The molecule has 0 fully saturated rings. The quantitative estimate of drug-likeness (QED) is 0.480. The van der Waals surface area contributed by atoms with E-state index in [2.05, 4.69) is 16.2 Å². The van der Waals surface area contributed by atoms with E-state index in [9.17, 15) is 9.59 Å². The zero-order chi connectivity index (χ0) is 15.7. The number of unbranched alkanes of at least 4 members (excludes halogenated alkanes) is 2. The Morgan fingerprint density at radius 2 is 1.95 bits per heavy atom. The van der Waals surface area contributed by atoms with Gasteiger partial charge < -0.3 is 10.4 Å². The summed E-state index contributed by atoms with van der Waals surface area (Å²) in [7, 11) is 0. The van der Waals surface area contributed by atoms with Gasteiger partial charge in [-0.3, -0.25) is 10.2 Å². The number of hydrogen-bond acceptors (Lipinski definition) is 3. The van der Waals surface area contributed by atoms with Crippen molar-refractivity contribution in [3.8, 4) is 0 Å². The van der Waals surface area contributed by atoms with Crippen LogP contribution in [0.4, 0.5) is 10.5 Å². The molecule has 0 saturated heterocycles. The highest BCUT2D eigenvalue weighted by molar-refractivity contribution is 6.30. The van der Waals surface area contributed by atoms with Gasteiger partial charge in [-0.1, -0.05) is 18.0 Å². The topological polar surface area (TPSA) is 90.5 Å². The number of aliphatic hydroxyl groups is 1. The number of carbonyl (C=O) groups is 2. The summed E-state index contributed by atoms with van der Waals surface area (Å²) in [5, 5.41) is 11.8. The summed E-state index contributed by atoms with van der Waals surface area (Å²) in [4.78, 5) is 23.1. The molecule has 0 heterocycles. The van der Waals surface area contributed by atoms with Crippen molar-refractivity contribution >= 4 is 29.2 Å². The van der Waals surface area contributed by atoms with Gasteiger partial charge in [0.25, 0.3) is 0 Å². The van der Waals surface area contributed by atoms with Crippen LogP contribution >= 0.6 is 11.6 Å². The van der Waals surface area contributed by atoms with Crippen molar-refractivity contribution in [2.75, 3.05) is 11.9 Å².